The number of oxazole rings is 1. The summed E-state index contributed by atoms with van der Waals surface area (Å²) in [5.74, 6) is 2.19. The van der Waals surface area contributed by atoms with Crippen molar-refractivity contribution >= 4 is 5.91 Å². The third-order valence-corrected chi connectivity index (χ3v) is 3.96. The largest absolute Gasteiger partial charge is 0.469 e. The lowest BCUT2D eigenvalue weighted by molar-refractivity contribution is -0.130. The first-order chi connectivity index (χ1) is 11.6. The number of furan rings is 1. The van der Waals surface area contributed by atoms with Crippen molar-refractivity contribution in [2.75, 3.05) is 7.05 Å². The van der Waals surface area contributed by atoms with Crippen LogP contribution in [0.1, 0.15) is 23.6 Å². The van der Waals surface area contributed by atoms with Gasteiger partial charge in [-0.1, -0.05) is 30.3 Å². The van der Waals surface area contributed by atoms with Gasteiger partial charge in [-0.3, -0.25) is 4.79 Å². The average Bonchev–Trinajstić information content (AvgIpc) is 3.23. The van der Waals surface area contributed by atoms with E-state index in [4.69, 9.17) is 8.83 Å². The van der Waals surface area contributed by atoms with E-state index in [2.05, 4.69) is 4.98 Å². The van der Waals surface area contributed by atoms with Gasteiger partial charge in [0.25, 0.3) is 0 Å². The smallest absolute Gasteiger partial charge is 0.223 e. The van der Waals surface area contributed by atoms with Crippen LogP contribution in [0.25, 0.3) is 11.3 Å². The van der Waals surface area contributed by atoms with Gasteiger partial charge in [0.1, 0.15) is 5.76 Å². The maximum atomic E-state index is 12.3. The van der Waals surface area contributed by atoms with E-state index >= 15 is 0 Å². The van der Waals surface area contributed by atoms with Gasteiger partial charge < -0.3 is 13.7 Å². The van der Waals surface area contributed by atoms with Gasteiger partial charge in [0.2, 0.25) is 5.91 Å². The van der Waals surface area contributed by atoms with Gasteiger partial charge in [-0.2, -0.15) is 0 Å². The van der Waals surface area contributed by atoms with Crippen molar-refractivity contribution < 1.29 is 13.6 Å². The first-order valence-electron chi connectivity index (χ1n) is 7.90. The highest BCUT2D eigenvalue weighted by Crippen LogP contribution is 2.20. The van der Waals surface area contributed by atoms with Crippen LogP contribution in [0.2, 0.25) is 0 Å². The molecular formula is C19H20N2O3. The molecule has 0 bridgehead atoms. The van der Waals surface area contributed by atoms with Gasteiger partial charge >= 0.3 is 0 Å². The number of amides is 1. The summed E-state index contributed by atoms with van der Waals surface area (Å²) in [4.78, 5) is 18.2. The van der Waals surface area contributed by atoms with E-state index in [1.165, 1.54) is 0 Å². The summed E-state index contributed by atoms with van der Waals surface area (Å²) >= 11 is 0. The fourth-order valence-corrected chi connectivity index (χ4v) is 2.49. The molecule has 3 aromatic rings. The van der Waals surface area contributed by atoms with Crippen molar-refractivity contribution in [2.45, 2.75) is 26.3 Å². The Bertz CT molecular complexity index is 805. The molecular weight excluding hydrogens is 304 g/mol. The minimum atomic E-state index is 0.0510. The number of benzene rings is 1. The van der Waals surface area contributed by atoms with Crippen LogP contribution in [0.4, 0.5) is 0 Å². The summed E-state index contributed by atoms with van der Waals surface area (Å²) < 4.78 is 11.0. The molecule has 0 unspecified atom stereocenters. The molecule has 0 aliphatic rings. The third kappa shape index (κ3) is 3.74. The molecule has 0 aliphatic heterocycles. The van der Waals surface area contributed by atoms with Crippen molar-refractivity contribution in [1.82, 2.24) is 9.88 Å². The lowest BCUT2D eigenvalue weighted by Gasteiger charge is -2.16. The monoisotopic (exact) mass is 324 g/mol. The number of rotatable bonds is 6. The zero-order valence-electron chi connectivity index (χ0n) is 13.9. The predicted molar refractivity (Wildman–Crippen MR) is 90.2 cm³/mol. The molecule has 5 heteroatoms. The van der Waals surface area contributed by atoms with Crippen molar-refractivity contribution in [1.29, 1.82) is 0 Å². The third-order valence-electron chi connectivity index (χ3n) is 3.96. The predicted octanol–water partition coefficient (Wildman–Crippen LogP) is 3.83. The van der Waals surface area contributed by atoms with Gasteiger partial charge in [0.05, 0.1) is 12.5 Å². The Morgan fingerprint density at radius 1 is 1.21 bits per heavy atom. The first-order valence-corrected chi connectivity index (χ1v) is 7.90. The topological polar surface area (TPSA) is 59.5 Å². The van der Waals surface area contributed by atoms with Crippen molar-refractivity contribution in [3.63, 3.8) is 0 Å². The van der Waals surface area contributed by atoms with Crippen LogP contribution >= 0.6 is 0 Å². The molecule has 0 fully saturated rings. The van der Waals surface area contributed by atoms with E-state index in [0.29, 0.717) is 25.3 Å². The van der Waals surface area contributed by atoms with Gasteiger partial charge in [-0.05, 0) is 13.0 Å². The molecule has 0 aliphatic carbocycles. The van der Waals surface area contributed by atoms with Crippen LogP contribution in [-0.4, -0.2) is 22.8 Å². The highest BCUT2D eigenvalue weighted by molar-refractivity contribution is 5.76. The van der Waals surface area contributed by atoms with E-state index < -0.39 is 0 Å². The summed E-state index contributed by atoms with van der Waals surface area (Å²) in [6, 6.07) is 11.7. The molecule has 1 amide bonds. The molecule has 3 rings (SSSR count). The van der Waals surface area contributed by atoms with Crippen LogP contribution in [0.15, 0.2) is 57.7 Å². The Morgan fingerprint density at radius 2 is 2.00 bits per heavy atom. The molecule has 5 nitrogen and oxygen atoms in total. The molecule has 124 valence electrons. The Hall–Kier alpha value is -2.82. The second-order valence-corrected chi connectivity index (χ2v) is 5.74. The Kier molecular flexibility index (Phi) is 4.79. The van der Waals surface area contributed by atoms with Gasteiger partial charge in [-0.15, -0.1) is 0 Å². The van der Waals surface area contributed by atoms with Crippen LogP contribution < -0.4 is 0 Å². The van der Waals surface area contributed by atoms with Crippen LogP contribution in [0.5, 0.6) is 0 Å². The quantitative estimate of drug-likeness (QED) is 0.691. The number of nitrogens with zero attached hydrogens (tertiary/aromatic N) is 2. The highest BCUT2D eigenvalue weighted by Gasteiger charge is 2.14. The number of aryl methyl sites for hydroxylation is 2. The number of hydrogen-bond donors (Lipinski definition) is 0. The molecule has 0 saturated carbocycles. The van der Waals surface area contributed by atoms with Gasteiger partial charge in [0.15, 0.2) is 11.7 Å². The Balaban J connectivity index is 1.55. The molecule has 2 aromatic heterocycles. The summed E-state index contributed by atoms with van der Waals surface area (Å²) in [7, 11) is 1.79. The van der Waals surface area contributed by atoms with Crippen LogP contribution in [0.3, 0.4) is 0 Å². The van der Waals surface area contributed by atoms with Crippen LogP contribution in [-0.2, 0) is 17.8 Å². The highest BCUT2D eigenvalue weighted by atomic mass is 16.4. The fourth-order valence-electron chi connectivity index (χ4n) is 2.49. The zero-order chi connectivity index (χ0) is 16.9. The average molecular weight is 324 g/mol. The molecule has 0 spiro atoms. The fraction of sp³-hybridized carbons (Fsp3) is 0.263. The number of hydrogen-bond acceptors (Lipinski definition) is 4. The molecule has 2 heterocycles. The van der Waals surface area contributed by atoms with E-state index in [9.17, 15) is 4.79 Å². The second kappa shape index (κ2) is 7.17. The molecule has 0 saturated heterocycles. The Labute approximate surface area is 140 Å². The molecule has 0 N–H and O–H groups in total. The van der Waals surface area contributed by atoms with Crippen LogP contribution in [0, 0.1) is 6.92 Å². The minimum absolute atomic E-state index is 0.0510. The molecule has 24 heavy (non-hydrogen) atoms. The normalized spacial score (nSPS) is 10.8. The molecule has 0 atom stereocenters. The standard InChI is InChI=1S/C19H20N2O3/c1-14-16(10-11-23-14)13-21(2)19(22)9-8-18-20-12-17(24-18)15-6-4-3-5-7-15/h3-7,10-12H,8-9,13H2,1-2H3. The summed E-state index contributed by atoms with van der Waals surface area (Å²) in [6.45, 7) is 2.44. The van der Waals surface area contributed by atoms with E-state index in [1.807, 2.05) is 43.3 Å². The molecule has 0 radical (unpaired) electrons. The zero-order valence-corrected chi connectivity index (χ0v) is 13.9. The summed E-state index contributed by atoms with van der Waals surface area (Å²) in [5, 5.41) is 0. The second-order valence-electron chi connectivity index (χ2n) is 5.74. The van der Waals surface area contributed by atoms with Crippen molar-refractivity contribution in [2.24, 2.45) is 0 Å². The van der Waals surface area contributed by atoms with Gasteiger partial charge in [-0.25, -0.2) is 4.98 Å². The van der Waals surface area contributed by atoms with Crippen molar-refractivity contribution in [3.05, 3.63) is 66.1 Å². The lowest BCUT2D eigenvalue weighted by Crippen LogP contribution is -2.26. The minimum Gasteiger partial charge on any atom is -0.469 e. The first kappa shape index (κ1) is 16.1. The van der Waals surface area contributed by atoms with E-state index in [-0.39, 0.29) is 5.91 Å². The number of carbonyl (C=O) groups is 1. The van der Waals surface area contributed by atoms with E-state index in [0.717, 1.165) is 22.6 Å². The maximum absolute atomic E-state index is 12.3. The van der Waals surface area contributed by atoms with Crippen molar-refractivity contribution in [3.8, 4) is 11.3 Å². The maximum Gasteiger partial charge on any atom is 0.223 e. The summed E-state index contributed by atoms with van der Waals surface area (Å²) in [6.07, 6.45) is 4.19. The summed E-state index contributed by atoms with van der Waals surface area (Å²) in [5.41, 5.74) is 2.00. The number of carbonyl (C=O) groups excluding carboxylic acids is 1. The number of aromatic nitrogens is 1. The van der Waals surface area contributed by atoms with Gasteiger partial charge in [0, 0.05) is 37.6 Å². The Morgan fingerprint density at radius 3 is 2.71 bits per heavy atom. The van der Waals surface area contributed by atoms with E-state index in [1.54, 1.807) is 24.4 Å². The SMILES string of the molecule is Cc1occc1CN(C)C(=O)CCc1ncc(-c2ccccc2)o1. The lowest BCUT2D eigenvalue weighted by atomic mass is 10.2. The molecule has 1 aromatic carbocycles.